The van der Waals surface area contributed by atoms with Crippen LogP contribution in [0.3, 0.4) is 0 Å². The summed E-state index contributed by atoms with van der Waals surface area (Å²) in [5.74, 6) is -0.654. The molecule has 218 valence electrons. The van der Waals surface area contributed by atoms with E-state index in [1.807, 2.05) is 48.5 Å². The van der Waals surface area contributed by atoms with Gasteiger partial charge in [-0.05, 0) is 58.4 Å². The zero-order chi connectivity index (χ0) is 30.3. The van der Waals surface area contributed by atoms with Crippen molar-refractivity contribution in [2.75, 3.05) is 0 Å². The first-order valence-electron chi connectivity index (χ1n) is 12.2. The van der Waals surface area contributed by atoms with E-state index in [4.69, 9.17) is 0 Å². The highest BCUT2D eigenvalue weighted by atomic mass is 32.2. The molecule has 3 aromatic carbocycles. The number of alkyl halides is 5. The Morgan fingerprint density at radius 3 is 1.48 bits per heavy atom. The van der Waals surface area contributed by atoms with Crippen molar-refractivity contribution in [1.82, 2.24) is 0 Å². The molecular formula is C29H31F5O4S2. The average Bonchev–Trinajstić information content (AvgIpc) is 2.81. The molecule has 0 aliphatic heterocycles. The molecule has 3 rings (SSSR count). The van der Waals surface area contributed by atoms with Gasteiger partial charge in [0.25, 0.3) is 6.10 Å². The Balaban J connectivity index is 2.13. The molecule has 4 nitrogen and oxygen atoms in total. The SMILES string of the molecule is CC(C)(C)c1ccc([S+](c2ccc(C(C)(C)C)cc2)c2cccc(OC(C(F)(F)F)C(F)(F)S(=O)(=O)[O-])c2)cc1. The fourth-order valence-electron chi connectivity index (χ4n) is 3.86. The van der Waals surface area contributed by atoms with Crippen LogP contribution in [0.25, 0.3) is 0 Å². The van der Waals surface area contributed by atoms with Crippen molar-refractivity contribution in [3.05, 3.63) is 83.9 Å². The van der Waals surface area contributed by atoms with Crippen LogP contribution in [0.4, 0.5) is 22.0 Å². The molecule has 0 N–H and O–H groups in total. The Kier molecular flexibility index (Phi) is 8.76. The lowest BCUT2D eigenvalue weighted by Crippen LogP contribution is -2.53. The van der Waals surface area contributed by atoms with E-state index < -0.39 is 44.3 Å². The highest BCUT2D eigenvalue weighted by molar-refractivity contribution is 7.97. The number of ether oxygens (including phenoxy) is 1. The Hall–Kier alpha value is -2.63. The van der Waals surface area contributed by atoms with Crippen LogP contribution in [0.2, 0.25) is 0 Å². The quantitative estimate of drug-likeness (QED) is 0.157. The lowest BCUT2D eigenvalue weighted by molar-refractivity contribution is -0.239. The van der Waals surface area contributed by atoms with Gasteiger partial charge in [-0.15, -0.1) is 0 Å². The van der Waals surface area contributed by atoms with Crippen molar-refractivity contribution in [3.63, 3.8) is 0 Å². The summed E-state index contributed by atoms with van der Waals surface area (Å²) in [6.45, 7) is 12.3. The van der Waals surface area contributed by atoms with Gasteiger partial charge in [0, 0.05) is 6.07 Å². The fourth-order valence-corrected chi connectivity index (χ4v) is 6.38. The van der Waals surface area contributed by atoms with Crippen LogP contribution >= 0.6 is 0 Å². The topological polar surface area (TPSA) is 66.4 Å². The van der Waals surface area contributed by atoms with Crippen molar-refractivity contribution >= 4 is 21.0 Å². The van der Waals surface area contributed by atoms with Crippen molar-refractivity contribution < 1.29 is 39.7 Å². The smallest absolute Gasteiger partial charge is 0.432 e. The molecule has 40 heavy (non-hydrogen) atoms. The largest absolute Gasteiger partial charge is 0.743 e. The third kappa shape index (κ3) is 7.16. The van der Waals surface area contributed by atoms with Crippen molar-refractivity contribution in [2.45, 2.75) is 84.6 Å². The van der Waals surface area contributed by atoms with E-state index in [1.165, 1.54) is 6.07 Å². The van der Waals surface area contributed by atoms with E-state index >= 15 is 0 Å². The third-order valence-electron chi connectivity index (χ3n) is 6.14. The zero-order valence-corrected chi connectivity index (χ0v) is 24.5. The maximum atomic E-state index is 14.1. The highest BCUT2D eigenvalue weighted by Crippen LogP contribution is 2.40. The summed E-state index contributed by atoms with van der Waals surface area (Å²) >= 11 is 0. The van der Waals surface area contributed by atoms with Crippen LogP contribution in [0.15, 0.2) is 87.5 Å². The Morgan fingerprint density at radius 2 is 1.12 bits per heavy atom. The first-order chi connectivity index (χ1) is 18.1. The number of rotatable bonds is 7. The first kappa shape index (κ1) is 31.9. The molecule has 0 saturated heterocycles. The minimum absolute atomic E-state index is 0.126. The predicted octanol–water partition coefficient (Wildman–Crippen LogP) is 7.82. The molecule has 0 spiro atoms. The Morgan fingerprint density at radius 1 is 0.700 bits per heavy atom. The number of halogens is 5. The number of benzene rings is 3. The van der Waals surface area contributed by atoms with Gasteiger partial charge in [0.15, 0.2) is 24.8 Å². The van der Waals surface area contributed by atoms with Crippen molar-refractivity contribution in [2.24, 2.45) is 0 Å². The first-order valence-corrected chi connectivity index (χ1v) is 14.9. The molecule has 1 atom stereocenters. The summed E-state index contributed by atoms with van der Waals surface area (Å²) in [4.78, 5) is 2.07. The van der Waals surface area contributed by atoms with Gasteiger partial charge in [0.2, 0.25) is 0 Å². The van der Waals surface area contributed by atoms with Crippen molar-refractivity contribution in [3.8, 4) is 5.75 Å². The van der Waals surface area contributed by atoms with E-state index in [9.17, 15) is 34.9 Å². The molecule has 3 aromatic rings. The van der Waals surface area contributed by atoms with E-state index in [-0.39, 0.29) is 10.8 Å². The molecule has 0 amide bonds. The monoisotopic (exact) mass is 602 g/mol. The van der Waals surface area contributed by atoms with Gasteiger partial charge in [-0.3, -0.25) is 0 Å². The summed E-state index contributed by atoms with van der Waals surface area (Å²) < 4.78 is 106. The highest BCUT2D eigenvalue weighted by Gasteiger charge is 2.62. The summed E-state index contributed by atoms with van der Waals surface area (Å²) in [5.41, 5.74) is 1.88. The van der Waals surface area contributed by atoms with E-state index in [1.54, 1.807) is 6.07 Å². The van der Waals surface area contributed by atoms with E-state index in [2.05, 4.69) is 46.3 Å². The zero-order valence-electron chi connectivity index (χ0n) is 22.8. The van der Waals surface area contributed by atoms with Gasteiger partial charge in [-0.25, -0.2) is 8.42 Å². The van der Waals surface area contributed by atoms with Crippen LogP contribution in [-0.4, -0.2) is 30.5 Å². The van der Waals surface area contributed by atoms with Gasteiger partial charge in [0.05, 0.1) is 10.9 Å². The minimum Gasteiger partial charge on any atom is -0.743 e. The molecule has 0 saturated carbocycles. The third-order valence-corrected chi connectivity index (χ3v) is 9.24. The lowest BCUT2D eigenvalue weighted by atomic mass is 9.87. The summed E-state index contributed by atoms with van der Waals surface area (Å²) in [7, 11) is -7.57. The molecule has 0 fully saturated rings. The number of hydrogen-bond acceptors (Lipinski definition) is 4. The maximum absolute atomic E-state index is 14.1. The van der Waals surface area contributed by atoms with E-state index in [0.717, 1.165) is 33.1 Å². The second kappa shape index (κ2) is 11.0. The molecule has 0 aliphatic rings. The van der Waals surface area contributed by atoms with Crippen LogP contribution in [0.5, 0.6) is 5.75 Å². The standard InChI is InChI=1S/C29H31F5O4S2/c1-26(2,3)19-10-14-22(15-11-19)39(23-16-12-20(13-17-23)27(4,5)6)24-9-7-8-21(18-24)38-25(28(30,31)32)29(33,34)40(35,36)37/h7-18,25H,1-6H3. The fraction of sp³-hybridized carbons (Fsp3) is 0.379. The van der Waals surface area contributed by atoms with Gasteiger partial charge in [-0.2, -0.15) is 22.0 Å². The molecule has 1 unspecified atom stereocenters. The second-order valence-electron chi connectivity index (χ2n) is 11.4. The summed E-state index contributed by atoms with van der Waals surface area (Å²) in [5, 5.41) is -5.74. The average molecular weight is 603 g/mol. The van der Waals surface area contributed by atoms with Gasteiger partial charge < -0.3 is 9.29 Å². The Bertz CT molecular complexity index is 1360. The molecular weight excluding hydrogens is 571 g/mol. The molecule has 0 aliphatic carbocycles. The van der Waals surface area contributed by atoms with Crippen LogP contribution < -0.4 is 4.74 Å². The van der Waals surface area contributed by atoms with Gasteiger partial charge in [-0.1, -0.05) is 71.9 Å². The van der Waals surface area contributed by atoms with E-state index in [0.29, 0.717) is 4.90 Å². The maximum Gasteiger partial charge on any atom is 0.432 e. The summed E-state index contributed by atoms with van der Waals surface area (Å²) in [6.07, 6.45) is -10.0. The molecule has 0 heterocycles. The molecule has 0 aromatic heterocycles. The van der Waals surface area contributed by atoms with Crippen LogP contribution in [0.1, 0.15) is 52.7 Å². The van der Waals surface area contributed by atoms with Crippen molar-refractivity contribution in [1.29, 1.82) is 0 Å². The summed E-state index contributed by atoms with van der Waals surface area (Å²) in [6, 6.07) is 20.6. The predicted molar refractivity (Wildman–Crippen MR) is 144 cm³/mol. The lowest BCUT2D eigenvalue weighted by Gasteiger charge is -2.30. The number of hydrogen-bond donors (Lipinski definition) is 0. The van der Waals surface area contributed by atoms with Crippen LogP contribution in [-0.2, 0) is 31.8 Å². The van der Waals surface area contributed by atoms with Gasteiger partial charge >= 0.3 is 11.4 Å². The minimum atomic E-state index is -6.68. The molecule has 11 heteroatoms. The van der Waals surface area contributed by atoms with Crippen LogP contribution in [0, 0.1) is 0 Å². The normalized spacial score (nSPS) is 14.3. The molecule has 0 bridgehead atoms. The van der Waals surface area contributed by atoms with Gasteiger partial charge in [0.1, 0.15) is 5.75 Å². The Labute approximate surface area is 234 Å². The second-order valence-corrected chi connectivity index (χ2v) is 14.9. The molecule has 0 radical (unpaired) electrons.